The summed E-state index contributed by atoms with van der Waals surface area (Å²) in [6, 6.07) is 2.09. The van der Waals surface area contributed by atoms with E-state index in [4.69, 9.17) is 4.74 Å². The molecule has 7 nitrogen and oxygen atoms in total. The average molecular weight is 345 g/mol. The lowest BCUT2D eigenvalue weighted by Gasteiger charge is -2.16. The van der Waals surface area contributed by atoms with Crippen molar-refractivity contribution in [3.63, 3.8) is 0 Å². The molecule has 136 valence electrons. The van der Waals surface area contributed by atoms with Crippen molar-refractivity contribution in [1.82, 2.24) is 25.1 Å². The number of nitrogens with zero attached hydrogens (tertiary/aromatic N) is 4. The van der Waals surface area contributed by atoms with Crippen LogP contribution >= 0.6 is 0 Å². The second kappa shape index (κ2) is 7.49. The summed E-state index contributed by atoms with van der Waals surface area (Å²) in [6.07, 6.45) is 3.07. The first-order chi connectivity index (χ1) is 12.0. The van der Waals surface area contributed by atoms with Gasteiger partial charge in [0.25, 0.3) is 0 Å². The summed E-state index contributed by atoms with van der Waals surface area (Å²) in [7, 11) is 3.59. The van der Waals surface area contributed by atoms with Crippen LogP contribution in [0.2, 0.25) is 0 Å². The van der Waals surface area contributed by atoms with E-state index in [9.17, 15) is 5.11 Å². The van der Waals surface area contributed by atoms with Crippen LogP contribution in [-0.2, 0) is 13.6 Å². The molecule has 3 atom stereocenters. The van der Waals surface area contributed by atoms with Crippen LogP contribution < -0.4 is 10.1 Å². The van der Waals surface area contributed by atoms with Crippen molar-refractivity contribution in [1.29, 1.82) is 0 Å². The number of aryl methyl sites for hydroxylation is 3. The van der Waals surface area contributed by atoms with Gasteiger partial charge in [-0.15, -0.1) is 10.2 Å². The Hall–Kier alpha value is -1.99. The number of rotatable bonds is 6. The van der Waals surface area contributed by atoms with Gasteiger partial charge in [-0.25, -0.2) is 4.98 Å². The van der Waals surface area contributed by atoms with Gasteiger partial charge in [0.05, 0.1) is 18.9 Å². The SMILES string of the molecule is COc1nc(CNC[C@H]2C[C@H](c3nncn3C)C[C@H]2O)c(C)cc1C. The van der Waals surface area contributed by atoms with Crippen LogP contribution in [0.4, 0.5) is 0 Å². The van der Waals surface area contributed by atoms with Gasteiger partial charge < -0.3 is 19.7 Å². The number of ether oxygens (including phenoxy) is 1. The molecule has 1 fully saturated rings. The normalized spacial score (nSPS) is 23.2. The van der Waals surface area contributed by atoms with Crippen molar-refractivity contribution < 1.29 is 9.84 Å². The molecule has 2 heterocycles. The zero-order chi connectivity index (χ0) is 18.0. The van der Waals surface area contributed by atoms with Gasteiger partial charge >= 0.3 is 0 Å². The van der Waals surface area contributed by atoms with E-state index in [0.717, 1.165) is 42.0 Å². The summed E-state index contributed by atoms with van der Waals surface area (Å²) in [5, 5.41) is 22.0. The third-order valence-electron chi connectivity index (χ3n) is 5.12. The fourth-order valence-corrected chi connectivity index (χ4v) is 3.72. The number of hydrogen-bond donors (Lipinski definition) is 2. The molecule has 0 bridgehead atoms. The zero-order valence-corrected chi connectivity index (χ0v) is 15.4. The van der Waals surface area contributed by atoms with Crippen LogP contribution in [0.15, 0.2) is 12.4 Å². The number of nitrogens with one attached hydrogen (secondary N) is 1. The minimum Gasteiger partial charge on any atom is -0.481 e. The smallest absolute Gasteiger partial charge is 0.216 e. The highest BCUT2D eigenvalue weighted by Gasteiger charge is 2.35. The van der Waals surface area contributed by atoms with Gasteiger partial charge in [0.15, 0.2) is 0 Å². The Balaban J connectivity index is 1.57. The molecule has 25 heavy (non-hydrogen) atoms. The average Bonchev–Trinajstić information content (AvgIpc) is 3.15. The molecule has 0 amide bonds. The minimum absolute atomic E-state index is 0.217. The number of hydrogen-bond acceptors (Lipinski definition) is 6. The molecular weight excluding hydrogens is 318 g/mol. The summed E-state index contributed by atoms with van der Waals surface area (Å²) < 4.78 is 7.25. The quantitative estimate of drug-likeness (QED) is 0.825. The molecule has 1 saturated carbocycles. The summed E-state index contributed by atoms with van der Waals surface area (Å²) in [5.74, 6) is 2.12. The van der Waals surface area contributed by atoms with Gasteiger partial charge in [-0.3, -0.25) is 0 Å². The first kappa shape index (κ1) is 17.8. The second-order valence-corrected chi connectivity index (χ2v) is 7.00. The molecule has 0 radical (unpaired) electrons. The lowest BCUT2D eigenvalue weighted by molar-refractivity contribution is 0.131. The molecule has 0 saturated heterocycles. The third-order valence-corrected chi connectivity index (χ3v) is 5.12. The highest BCUT2D eigenvalue weighted by atomic mass is 16.5. The largest absolute Gasteiger partial charge is 0.481 e. The van der Waals surface area contributed by atoms with E-state index in [2.05, 4.69) is 33.5 Å². The maximum Gasteiger partial charge on any atom is 0.216 e. The minimum atomic E-state index is -0.309. The first-order valence-electron chi connectivity index (χ1n) is 8.73. The monoisotopic (exact) mass is 345 g/mol. The molecule has 7 heteroatoms. The van der Waals surface area contributed by atoms with Crippen molar-refractivity contribution in [3.8, 4) is 5.88 Å². The Labute approximate surface area is 148 Å². The first-order valence-corrected chi connectivity index (χ1v) is 8.73. The second-order valence-electron chi connectivity index (χ2n) is 7.00. The van der Waals surface area contributed by atoms with Gasteiger partial charge in [0, 0.05) is 31.6 Å². The van der Waals surface area contributed by atoms with E-state index in [1.807, 2.05) is 18.5 Å². The van der Waals surface area contributed by atoms with Gasteiger partial charge in [-0.05, 0) is 44.2 Å². The molecule has 0 unspecified atom stereocenters. The number of methoxy groups -OCH3 is 1. The Morgan fingerprint density at radius 1 is 1.32 bits per heavy atom. The van der Waals surface area contributed by atoms with Crippen LogP contribution in [0.1, 0.15) is 41.4 Å². The Bertz CT molecular complexity index is 730. The Kier molecular flexibility index (Phi) is 5.34. The zero-order valence-electron chi connectivity index (χ0n) is 15.4. The Morgan fingerprint density at radius 2 is 2.12 bits per heavy atom. The lowest BCUT2D eigenvalue weighted by atomic mass is 10.0. The van der Waals surface area contributed by atoms with E-state index < -0.39 is 0 Å². The maximum atomic E-state index is 10.4. The van der Waals surface area contributed by atoms with Gasteiger partial charge in [0.1, 0.15) is 12.2 Å². The number of aliphatic hydroxyl groups excluding tert-OH is 1. The number of aromatic nitrogens is 4. The van der Waals surface area contributed by atoms with Crippen molar-refractivity contribution in [2.75, 3.05) is 13.7 Å². The van der Waals surface area contributed by atoms with E-state index in [1.54, 1.807) is 13.4 Å². The van der Waals surface area contributed by atoms with Crippen molar-refractivity contribution in [3.05, 3.63) is 35.0 Å². The van der Waals surface area contributed by atoms with Crippen LogP contribution in [0.5, 0.6) is 5.88 Å². The van der Waals surface area contributed by atoms with E-state index in [1.165, 1.54) is 0 Å². The van der Waals surface area contributed by atoms with Crippen molar-refractivity contribution >= 4 is 0 Å². The molecule has 2 aromatic rings. The lowest BCUT2D eigenvalue weighted by Crippen LogP contribution is -2.28. The molecule has 2 N–H and O–H groups in total. The summed E-state index contributed by atoms with van der Waals surface area (Å²) in [6.45, 7) is 5.48. The fourth-order valence-electron chi connectivity index (χ4n) is 3.72. The molecule has 2 aromatic heterocycles. The third kappa shape index (κ3) is 3.82. The van der Waals surface area contributed by atoms with Crippen LogP contribution in [0.3, 0.4) is 0 Å². The number of pyridine rings is 1. The molecule has 3 rings (SSSR count). The van der Waals surface area contributed by atoms with E-state index >= 15 is 0 Å². The summed E-state index contributed by atoms with van der Waals surface area (Å²) >= 11 is 0. The molecule has 1 aliphatic carbocycles. The topological polar surface area (TPSA) is 85.1 Å². The van der Waals surface area contributed by atoms with Gasteiger partial charge in [-0.1, -0.05) is 0 Å². The fraction of sp³-hybridized carbons (Fsp3) is 0.611. The van der Waals surface area contributed by atoms with E-state index in [0.29, 0.717) is 12.4 Å². The predicted molar refractivity (Wildman–Crippen MR) is 94.4 cm³/mol. The molecule has 1 aliphatic rings. The van der Waals surface area contributed by atoms with Gasteiger partial charge in [-0.2, -0.15) is 0 Å². The number of aliphatic hydroxyl groups is 1. The summed E-state index contributed by atoms with van der Waals surface area (Å²) in [4.78, 5) is 4.57. The molecule has 0 aromatic carbocycles. The summed E-state index contributed by atoms with van der Waals surface area (Å²) in [5.41, 5.74) is 3.18. The molecule has 0 aliphatic heterocycles. The standard InChI is InChI=1S/C18H27N5O2/c1-11-5-12(2)18(25-4)21-15(11)9-19-8-14-6-13(7-16(14)24)17-22-20-10-23(17)3/h5,10,13-14,16,19,24H,6-9H2,1-4H3/t13-,14+,16+/m0/s1. The van der Waals surface area contributed by atoms with Crippen LogP contribution in [0, 0.1) is 19.8 Å². The predicted octanol–water partition coefficient (Wildman–Crippen LogP) is 1.48. The Morgan fingerprint density at radius 3 is 2.80 bits per heavy atom. The highest BCUT2D eigenvalue weighted by Crippen LogP contribution is 2.37. The van der Waals surface area contributed by atoms with Gasteiger partial charge in [0.2, 0.25) is 5.88 Å². The molecule has 0 spiro atoms. The van der Waals surface area contributed by atoms with E-state index in [-0.39, 0.29) is 17.9 Å². The van der Waals surface area contributed by atoms with Crippen LogP contribution in [0.25, 0.3) is 0 Å². The molecular formula is C18H27N5O2. The van der Waals surface area contributed by atoms with Crippen LogP contribution in [-0.4, -0.2) is 44.6 Å². The maximum absolute atomic E-state index is 10.4. The highest BCUT2D eigenvalue weighted by molar-refractivity contribution is 5.32. The van der Waals surface area contributed by atoms with Crippen molar-refractivity contribution in [2.24, 2.45) is 13.0 Å². The van der Waals surface area contributed by atoms with Crippen molar-refractivity contribution in [2.45, 2.75) is 45.3 Å².